The van der Waals surface area contributed by atoms with Gasteiger partial charge in [0, 0.05) is 17.4 Å². The van der Waals surface area contributed by atoms with Crippen LogP contribution < -0.4 is 10.2 Å². The van der Waals surface area contributed by atoms with Gasteiger partial charge in [-0.05, 0) is 60.2 Å². The summed E-state index contributed by atoms with van der Waals surface area (Å²) in [4.78, 5) is 40.4. The van der Waals surface area contributed by atoms with Crippen LogP contribution in [0.25, 0.3) is 10.1 Å². The first-order valence-electron chi connectivity index (χ1n) is 9.90. The van der Waals surface area contributed by atoms with E-state index in [0.29, 0.717) is 33.3 Å². The van der Waals surface area contributed by atoms with Crippen molar-refractivity contribution in [2.45, 2.75) is 6.92 Å². The molecule has 1 N–H and O–H groups in total. The molecular formula is C24H20N2O4S2. The highest BCUT2D eigenvalue weighted by Gasteiger charge is 2.20. The van der Waals surface area contributed by atoms with Gasteiger partial charge in [-0.25, -0.2) is 4.79 Å². The fourth-order valence-electron chi connectivity index (χ4n) is 3.26. The predicted molar refractivity (Wildman–Crippen MR) is 129 cm³/mol. The van der Waals surface area contributed by atoms with Gasteiger partial charge in [-0.2, -0.15) is 0 Å². The molecule has 0 saturated carbocycles. The average Bonchev–Trinajstić information content (AvgIpc) is 3.48. The molecule has 4 aromatic rings. The van der Waals surface area contributed by atoms with E-state index < -0.39 is 0 Å². The van der Waals surface area contributed by atoms with Gasteiger partial charge in [0.05, 0.1) is 22.7 Å². The minimum atomic E-state index is -0.355. The maximum atomic E-state index is 13.1. The van der Waals surface area contributed by atoms with Crippen LogP contribution in [0.4, 0.5) is 11.4 Å². The number of ether oxygens (including phenoxy) is 1. The van der Waals surface area contributed by atoms with Gasteiger partial charge in [0.25, 0.3) is 11.8 Å². The summed E-state index contributed by atoms with van der Waals surface area (Å²) in [5, 5.41) is 5.58. The number of para-hydroxylation sites is 1. The van der Waals surface area contributed by atoms with Crippen molar-refractivity contribution in [2.75, 3.05) is 23.9 Å². The molecule has 0 atom stereocenters. The Hall–Kier alpha value is -3.49. The average molecular weight is 465 g/mol. The van der Waals surface area contributed by atoms with Gasteiger partial charge in [-0.3, -0.25) is 9.59 Å². The summed E-state index contributed by atoms with van der Waals surface area (Å²) in [6.07, 6.45) is 0. The summed E-state index contributed by atoms with van der Waals surface area (Å²) in [6.45, 7) is 2.08. The first-order valence-corrected chi connectivity index (χ1v) is 11.6. The Morgan fingerprint density at radius 1 is 1.00 bits per heavy atom. The van der Waals surface area contributed by atoms with Crippen molar-refractivity contribution < 1.29 is 19.1 Å². The fourth-order valence-corrected chi connectivity index (χ4v) is 4.89. The van der Waals surface area contributed by atoms with Crippen LogP contribution in [0.15, 0.2) is 66.0 Å². The predicted octanol–water partition coefficient (Wildman–Crippen LogP) is 5.67. The molecule has 6 nitrogen and oxygen atoms in total. The molecule has 0 aliphatic rings. The van der Waals surface area contributed by atoms with Crippen LogP contribution in [0.2, 0.25) is 0 Å². The first-order chi connectivity index (χ1) is 15.5. The van der Waals surface area contributed by atoms with E-state index in [2.05, 4.69) is 5.32 Å². The number of fused-ring (bicyclic) bond motifs is 1. The van der Waals surface area contributed by atoms with Gasteiger partial charge >= 0.3 is 5.97 Å². The number of anilines is 2. The molecule has 0 unspecified atom stereocenters. The third-order valence-electron chi connectivity index (χ3n) is 4.80. The van der Waals surface area contributed by atoms with Crippen molar-refractivity contribution in [2.24, 2.45) is 0 Å². The monoisotopic (exact) mass is 464 g/mol. The number of nitrogens with one attached hydrogen (secondary N) is 1. The van der Waals surface area contributed by atoms with Crippen LogP contribution in [0.1, 0.15) is 36.6 Å². The molecule has 0 aliphatic carbocycles. The first kappa shape index (κ1) is 21.7. The maximum absolute atomic E-state index is 13.1. The largest absolute Gasteiger partial charge is 0.462 e. The minimum Gasteiger partial charge on any atom is -0.462 e. The molecule has 32 heavy (non-hydrogen) atoms. The normalized spacial score (nSPS) is 10.7. The van der Waals surface area contributed by atoms with Crippen molar-refractivity contribution in [3.63, 3.8) is 0 Å². The summed E-state index contributed by atoms with van der Waals surface area (Å²) >= 11 is 2.70. The number of hydrogen-bond donors (Lipinski definition) is 1. The molecule has 162 valence electrons. The molecule has 2 heterocycles. The molecule has 0 saturated heterocycles. The lowest BCUT2D eigenvalue weighted by Gasteiger charge is -2.20. The van der Waals surface area contributed by atoms with E-state index in [9.17, 15) is 14.4 Å². The molecule has 0 fully saturated rings. The molecule has 0 bridgehead atoms. The van der Waals surface area contributed by atoms with Crippen LogP contribution in [-0.2, 0) is 4.74 Å². The molecular weight excluding hydrogens is 444 g/mol. The number of thiophene rings is 2. The standard InChI is InChI=1S/C24H20N2O4S2/c1-3-30-24(29)21-14-15-13-16(10-11-19(15)32-21)25-22(27)17-7-4-5-8-18(17)26(2)23(28)20-9-6-12-31-20/h4-14H,3H2,1-2H3,(H,25,27). The Kier molecular flexibility index (Phi) is 6.34. The number of amides is 2. The van der Waals surface area contributed by atoms with E-state index in [1.807, 2.05) is 23.6 Å². The Bertz CT molecular complexity index is 1290. The van der Waals surface area contributed by atoms with Gasteiger partial charge in [0.2, 0.25) is 0 Å². The number of esters is 1. The van der Waals surface area contributed by atoms with Crippen LogP contribution >= 0.6 is 22.7 Å². The van der Waals surface area contributed by atoms with Crippen LogP contribution in [0.3, 0.4) is 0 Å². The highest BCUT2D eigenvalue weighted by Crippen LogP contribution is 2.29. The molecule has 2 aromatic carbocycles. The lowest BCUT2D eigenvalue weighted by atomic mass is 10.1. The molecule has 4 rings (SSSR count). The van der Waals surface area contributed by atoms with Gasteiger partial charge in [-0.1, -0.05) is 18.2 Å². The molecule has 2 aromatic heterocycles. The molecule has 0 aliphatic heterocycles. The quantitative estimate of drug-likeness (QED) is 0.373. The molecule has 8 heteroatoms. The van der Waals surface area contributed by atoms with E-state index in [1.165, 1.54) is 27.6 Å². The van der Waals surface area contributed by atoms with E-state index in [0.717, 1.165) is 10.1 Å². The van der Waals surface area contributed by atoms with Crippen LogP contribution in [0.5, 0.6) is 0 Å². The van der Waals surface area contributed by atoms with E-state index in [1.54, 1.807) is 56.4 Å². The number of carbonyl (C=O) groups is 3. The van der Waals surface area contributed by atoms with Crippen molar-refractivity contribution in [3.8, 4) is 0 Å². The molecule has 2 amide bonds. The Morgan fingerprint density at radius 3 is 2.56 bits per heavy atom. The number of hydrogen-bond acceptors (Lipinski definition) is 6. The summed E-state index contributed by atoms with van der Waals surface area (Å²) in [7, 11) is 1.66. The van der Waals surface area contributed by atoms with Crippen molar-refractivity contribution in [1.82, 2.24) is 0 Å². The van der Waals surface area contributed by atoms with Crippen LogP contribution in [-0.4, -0.2) is 31.4 Å². The maximum Gasteiger partial charge on any atom is 0.348 e. The summed E-state index contributed by atoms with van der Waals surface area (Å²) in [5.41, 5.74) is 1.50. The van der Waals surface area contributed by atoms with E-state index in [-0.39, 0.29) is 17.8 Å². The van der Waals surface area contributed by atoms with Gasteiger partial charge in [-0.15, -0.1) is 22.7 Å². The SMILES string of the molecule is CCOC(=O)c1cc2cc(NC(=O)c3ccccc3N(C)C(=O)c3cccs3)ccc2s1. The van der Waals surface area contributed by atoms with Crippen LogP contribution in [0, 0.1) is 0 Å². The highest BCUT2D eigenvalue weighted by atomic mass is 32.1. The lowest BCUT2D eigenvalue weighted by Crippen LogP contribution is -2.28. The number of nitrogens with zero attached hydrogens (tertiary/aromatic N) is 1. The third kappa shape index (κ3) is 4.42. The summed E-state index contributed by atoms with van der Waals surface area (Å²) in [6, 6.07) is 17.8. The van der Waals surface area contributed by atoms with E-state index >= 15 is 0 Å². The fraction of sp³-hybridized carbons (Fsp3) is 0.125. The second kappa shape index (κ2) is 9.33. The molecule has 0 spiro atoms. The van der Waals surface area contributed by atoms with Gasteiger partial charge in [0.1, 0.15) is 4.88 Å². The Labute approximate surface area is 193 Å². The van der Waals surface area contributed by atoms with E-state index in [4.69, 9.17) is 4.74 Å². The van der Waals surface area contributed by atoms with Crippen molar-refractivity contribution in [3.05, 3.63) is 81.4 Å². The second-order valence-electron chi connectivity index (χ2n) is 6.90. The zero-order valence-electron chi connectivity index (χ0n) is 17.5. The zero-order valence-corrected chi connectivity index (χ0v) is 19.1. The summed E-state index contributed by atoms with van der Waals surface area (Å²) < 4.78 is 5.99. The van der Waals surface area contributed by atoms with Crippen molar-refractivity contribution in [1.29, 1.82) is 0 Å². The minimum absolute atomic E-state index is 0.175. The number of carbonyl (C=O) groups excluding carboxylic acids is 3. The smallest absolute Gasteiger partial charge is 0.348 e. The number of rotatable bonds is 6. The van der Waals surface area contributed by atoms with Gasteiger partial charge < -0.3 is 15.0 Å². The highest BCUT2D eigenvalue weighted by molar-refractivity contribution is 7.20. The second-order valence-corrected chi connectivity index (χ2v) is 8.93. The zero-order chi connectivity index (χ0) is 22.7. The van der Waals surface area contributed by atoms with Crippen molar-refractivity contribution >= 4 is 61.9 Å². The third-order valence-corrected chi connectivity index (χ3v) is 6.75. The lowest BCUT2D eigenvalue weighted by molar-refractivity contribution is 0.0532. The van der Waals surface area contributed by atoms with Gasteiger partial charge in [0.15, 0.2) is 0 Å². The summed E-state index contributed by atoms with van der Waals surface area (Å²) in [5.74, 6) is -0.857. The Morgan fingerprint density at radius 2 is 1.81 bits per heavy atom. The Balaban J connectivity index is 1.57. The molecule has 0 radical (unpaired) electrons. The number of benzene rings is 2. The topological polar surface area (TPSA) is 75.7 Å².